The Morgan fingerprint density at radius 2 is 2.15 bits per heavy atom. The molecule has 0 saturated carbocycles. The monoisotopic (exact) mass is 270 g/mol. The highest BCUT2D eigenvalue weighted by Crippen LogP contribution is 2.30. The van der Waals surface area contributed by atoms with Gasteiger partial charge in [-0.2, -0.15) is 5.26 Å². The van der Waals surface area contributed by atoms with Crippen LogP contribution in [0.2, 0.25) is 0 Å². The number of fused-ring (bicyclic) bond motifs is 1. The highest BCUT2D eigenvalue weighted by atomic mass is 16.6. The van der Waals surface area contributed by atoms with Crippen molar-refractivity contribution < 1.29 is 14.3 Å². The molecule has 7 nitrogen and oxygen atoms in total. The van der Waals surface area contributed by atoms with Crippen molar-refractivity contribution in [2.75, 3.05) is 13.2 Å². The molecular formula is C13H10N4O3. The van der Waals surface area contributed by atoms with E-state index in [0.29, 0.717) is 30.3 Å². The molecule has 0 bridgehead atoms. The zero-order chi connectivity index (χ0) is 13.9. The molecule has 0 saturated heterocycles. The summed E-state index contributed by atoms with van der Waals surface area (Å²) in [7, 11) is 0. The van der Waals surface area contributed by atoms with E-state index in [1.807, 2.05) is 6.07 Å². The predicted octanol–water partition coefficient (Wildman–Crippen LogP) is 0.804. The van der Waals surface area contributed by atoms with Gasteiger partial charge in [0, 0.05) is 5.56 Å². The molecule has 3 rings (SSSR count). The third kappa shape index (κ3) is 2.31. The molecule has 0 atom stereocenters. The van der Waals surface area contributed by atoms with Crippen LogP contribution in [0.25, 0.3) is 0 Å². The van der Waals surface area contributed by atoms with Gasteiger partial charge in [-0.1, -0.05) is 0 Å². The van der Waals surface area contributed by atoms with Gasteiger partial charge in [-0.05, 0) is 18.2 Å². The van der Waals surface area contributed by atoms with Gasteiger partial charge in [0.1, 0.15) is 32.2 Å². The zero-order valence-electron chi connectivity index (χ0n) is 10.4. The van der Waals surface area contributed by atoms with Crippen LogP contribution in [0.15, 0.2) is 24.5 Å². The Morgan fingerprint density at radius 3 is 2.90 bits per heavy atom. The summed E-state index contributed by atoms with van der Waals surface area (Å²) in [5.41, 5.74) is 0.503. The molecule has 0 aliphatic carbocycles. The second-order valence-corrected chi connectivity index (χ2v) is 4.16. The number of ether oxygens (including phenoxy) is 2. The molecule has 1 aromatic heterocycles. The smallest absolute Gasteiger partial charge is 0.252 e. The normalized spacial score (nSPS) is 12.8. The van der Waals surface area contributed by atoms with Crippen LogP contribution < -0.4 is 9.47 Å². The van der Waals surface area contributed by atoms with Crippen LogP contribution in [0, 0.1) is 11.3 Å². The van der Waals surface area contributed by atoms with Crippen LogP contribution in [0.4, 0.5) is 0 Å². The maximum Gasteiger partial charge on any atom is 0.252 e. The molecule has 1 aromatic carbocycles. The van der Waals surface area contributed by atoms with Crippen molar-refractivity contribution in [1.29, 1.82) is 5.26 Å². The highest BCUT2D eigenvalue weighted by Gasteiger charge is 2.15. The van der Waals surface area contributed by atoms with E-state index in [2.05, 4.69) is 10.1 Å². The Bertz CT molecular complexity index is 702. The number of carbonyl (C=O) groups excluding carboxylic acids is 1. The number of nitrogens with zero attached hydrogens (tertiary/aromatic N) is 4. The summed E-state index contributed by atoms with van der Waals surface area (Å²) in [6.07, 6.45) is 1.36. The lowest BCUT2D eigenvalue weighted by atomic mass is 10.1. The van der Waals surface area contributed by atoms with E-state index in [0.717, 1.165) is 0 Å². The third-order valence-corrected chi connectivity index (χ3v) is 2.81. The fraction of sp³-hybridized carbons (Fsp3) is 0.231. The number of aromatic nitrogens is 3. The quantitative estimate of drug-likeness (QED) is 0.766. The summed E-state index contributed by atoms with van der Waals surface area (Å²) in [6, 6.07) is 6.85. The third-order valence-electron chi connectivity index (χ3n) is 2.81. The molecule has 20 heavy (non-hydrogen) atoms. The highest BCUT2D eigenvalue weighted by molar-refractivity contribution is 5.96. The first-order valence-corrected chi connectivity index (χ1v) is 5.98. The fourth-order valence-corrected chi connectivity index (χ4v) is 1.88. The van der Waals surface area contributed by atoms with Crippen molar-refractivity contribution in [2.45, 2.75) is 6.54 Å². The first kappa shape index (κ1) is 12.2. The van der Waals surface area contributed by atoms with Crippen LogP contribution in [-0.4, -0.2) is 33.8 Å². The average Bonchev–Trinajstić information content (AvgIpc) is 2.94. The molecule has 0 fully saturated rings. The standard InChI is InChI=1S/C13H10N4O3/c14-6-13-15-8-17(16-13)7-10(18)9-1-2-11-12(5-9)20-4-3-19-11/h1-2,5,8H,3-4,7H2. The summed E-state index contributed by atoms with van der Waals surface area (Å²) in [5.74, 6) is 1.11. The Hall–Kier alpha value is -2.88. The molecule has 0 amide bonds. The lowest BCUT2D eigenvalue weighted by Crippen LogP contribution is -2.16. The van der Waals surface area contributed by atoms with Crippen LogP contribution >= 0.6 is 0 Å². The number of carbonyl (C=O) groups is 1. The lowest BCUT2D eigenvalue weighted by molar-refractivity contribution is 0.0966. The van der Waals surface area contributed by atoms with Crippen molar-refractivity contribution >= 4 is 5.78 Å². The molecule has 0 spiro atoms. The van der Waals surface area contributed by atoms with E-state index >= 15 is 0 Å². The molecule has 1 aliphatic rings. The molecule has 0 N–H and O–H groups in total. The summed E-state index contributed by atoms with van der Waals surface area (Å²) in [4.78, 5) is 15.9. The minimum atomic E-state index is -0.142. The lowest BCUT2D eigenvalue weighted by Gasteiger charge is -2.18. The van der Waals surface area contributed by atoms with Gasteiger partial charge in [0.2, 0.25) is 0 Å². The molecule has 2 heterocycles. The molecule has 0 unspecified atom stereocenters. The summed E-state index contributed by atoms with van der Waals surface area (Å²) in [5, 5.41) is 12.5. The minimum Gasteiger partial charge on any atom is -0.486 e. The van der Waals surface area contributed by atoms with E-state index < -0.39 is 0 Å². The Balaban J connectivity index is 1.78. The van der Waals surface area contributed by atoms with Crippen molar-refractivity contribution in [1.82, 2.24) is 14.8 Å². The van der Waals surface area contributed by atoms with Gasteiger partial charge >= 0.3 is 0 Å². The summed E-state index contributed by atoms with van der Waals surface area (Å²) >= 11 is 0. The maximum absolute atomic E-state index is 12.1. The van der Waals surface area contributed by atoms with Crippen LogP contribution in [0.1, 0.15) is 16.2 Å². The Labute approximate surface area is 114 Å². The second-order valence-electron chi connectivity index (χ2n) is 4.16. The molecule has 2 aromatic rings. The fourth-order valence-electron chi connectivity index (χ4n) is 1.88. The number of rotatable bonds is 3. The Kier molecular flexibility index (Phi) is 3.05. The first-order chi connectivity index (χ1) is 9.76. The largest absolute Gasteiger partial charge is 0.486 e. The average molecular weight is 270 g/mol. The predicted molar refractivity (Wildman–Crippen MR) is 66.5 cm³/mol. The first-order valence-electron chi connectivity index (χ1n) is 5.98. The summed E-state index contributed by atoms with van der Waals surface area (Å²) in [6.45, 7) is 1.00. The molecule has 0 radical (unpaired) electrons. The topological polar surface area (TPSA) is 90.0 Å². The van der Waals surface area contributed by atoms with Gasteiger partial charge in [0.25, 0.3) is 5.82 Å². The van der Waals surface area contributed by atoms with Gasteiger partial charge in [-0.3, -0.25) is 4.79 Å². The van der Waals surface area contributed by atoms with Crippen LogP contribution in [0.3, 0.4) is 0 Å². The number of ketones is 1. The molecule has 100 valence electrons. The van der Waals surface area contributed by atoms with E-state index in [4.69, 9.17) is 14.7 Å². The van der Waals surface area contributed by atoms with E-state index in [-0.39, 0.29) is 18.2 Å². The number of benzene rings is 1. The SMILES string of the molecule is N#Cc1ncn(CC(=O)c2ccc3c(c2)OCCO3)n1. The van der Waals surface area contributed by atoms with Gasteiger partial charge in [0.05, 0.1) is 0 Å². The van der Waals surface area contributed by atoms with Crippen molar-refractivity contribution in [3.63, 3.8) is 0 Å². The number of hydrogen-bond acceptors (Lipinski definition) is 6. The number of hydrogen-bond donors (Lipinski definition) is 0. The van der Waals surface area contributed by atoms with Crippen molar-refractivity contribution in [3.8, 4) is 17.6 Å². The van der Waals surface area contributed by atoms with Gasteiger partial charge < -0.3 is 9.47 Å². The molecule has 1 aliphatic heterocycles. The van der Waals surface area contributed by atoms with Crippen molar-refractivity contribution in [2.24, 2.45) is 0 Å². The second kappa shape index (κ2) is 5.01. The van der Waals surface area contributed by atoms with Gasteiger partial charge in [-0.25, -0.2) is 9.67 Å². The number of Topliss-reactive ketones (excluding diaryl/α,β-unsaturated/α-hetero) is 1. The van der Waals surface area contributed by atoms with Crippen LogP contribution in [0.5, 0.6) is 11.5 Å². The molecule has 7 heteroatoms. The van der Waals surface area contributed by atoms with E-state index in [1.165, 1.54) is 11.0 Å². The number of nitriles is 1. The minimum absolute atomic E-state index is 0.0221. The maximum atomic E-state index is 12.1. The van der Waals surface area contributed by atoms with Gasteiger partial charge in [-0.15, -0.1) is 5.10 Å². The van der Waals surface area contributed by atoms with Crippen molar-refractivity contribution in [3.05, 3.63) is 35.9 Å². The summed E-state index contributed by atoms with van der Waals surface area (Å²) < 4.78 is 12.2. The van der Waals surface area contributed by atoms with Gasteiger partial charge in [0.15, 0.2) is 17.3 Å². The van der Waals surface area contributed by atoms with E-state index in [1.54, 1.807) is 18.2 Å². The molecular weight excluding hydrogens is 260 g/mol. The Morgan fingerprint density at radius 1 is 1.35 bits per heavy atom. The van der Waals surface area contributed by atoms with E-state index in [9.17, 15) is 4.79 Å². The zero-order valence-corrected chi connectivity index (χ0v) is 10.4. The van der Waals surface area contributed by atoms with Crippen LogP contribution in [-0.2, 0) is 6.54 Å².